The monoisotopic (exact) mass is 262 g/mol. The van der Waals surface area contributed by atoms with Gasteiger partial charge in [0, 0.05) is 28.0 Å². The summed E-state index contributed by atoms with van der Waals surface area (Å²) < 4.78 is 0.775. The van der Waals surface area contributed by atoms with Crippen LogP contribution < -0.4 is 0 Å². The van der Waals surface area contributed by atoms with Gasteiger partial charge in [0.1, 0.15) is 0 Å². The molecule has 0 saturated carbocycles. The first kappa shape index (κ1) is 9.98. The van der Waals surface area contributed by atoms with Crippen LogP contribution in [0.5, 0.6) is 0 Å². The molecule has 0 fully saturated rings. The third-order valence-electron chi connectivity index (χ3n) is 1.95. The molecule has 2 aromatic rings. The van der Waals surface area contributed by atoms with Gasteiger partial charge >= 0.3 is 0 Å². The lowest BCUT2D eigenvalue weighted by molar-refractivity contribution is 0.112. The smallest absolute Gasteiger partial charge is 0.159 e. The fraction of sp³-hybridized carbons (Fsp3) is 0. The Morgan fingerprint density at radius 3 is 2.60 bits per heavy atom. The Bertz CT molecular complexity index is 485. The Balaban J connectivity index is 2.51. The second-order valence-corrected chi connectivity index (χ2v) is 3.78. The third-order valence-corrected chi connectivity index (χ3v) is 2.67. The van der Waals surface area contributed by atoms with Crippen LogP contribution >= 0.6 is 15.9 Å². The Labute approximate surface area is 95.3 Å². The number of hydrogen-bond acceptors (Lipinski definition) is 3. The average Bonchev–Trinajstić information content (AvgIpc) is 2.31. The molecule has 0 spiro atoms. The number of aromatic nitrogens is 2. The maximum absolute atomic E-state index is 10.7. The SMILES string of the molecule is O=Cc1cc(-c2ncccn2)ccc1Br. The Hall–Kier alpha value is -1.55. The fourth-order valence-corrected chi connectivity index (χ4v) is 1.56. The number of benzene rings is 1. The lowest BCUT2D eigenvalue weighted by atomic mass is 10.1. The number of carbonyl (C=O) groups excluding carboxylic acids is 1. The zero-order valence-corrected chi connectivity index (χ0v) is 9.31. The van der Waals surface area contributed by atoms with E-state index in [0.717, 1.165) is 16.3 Å². The molecule has 15 heavy (non-hydrogen) atoms. The molecule has 1 aromatic heterocycles. The summed E-state index contributed by atoms with van der Waals surface area (Å²) >= 11 is 3.29. The van der Waals surface area contributed by atoms with Crippen molar-refractivity contribution in [2.45, 2.75) is 0 Å². The van der Waals surface area contributed by atoms with E-state index in [2.05, 4.69) is 25.9 Å². The Morgan fingerprint density at radius 1 is 1.20 bits per heavy atom. The fourth-order valence-electron chi connectivity index (χ4n) is 1.22. The molecule has 0 unspecified atom stereocenters. The topological polar surface area (TPSA) is 42.9 Å². The second-order valence-electron chi connectivity index (χ2n) is 2.93. The molecule has 0 bridgehead atoms. The molecule has 0 aliphatic rings. The van der Waals surface area contributed by atoms with Crippen LogP contribution in [0.4, 0.5) is 0 Å². The van der Waals surface area contributed by atoms with Crippen LogP contribution in [-0.2, 0) is 0 Å². The highest BCUT2D eigenvalue weighted by Gasteiger charge is 2.03. The maximum atomic E-state index is 10.7. The first-order valence-electron chi connectivity index (χ1n) is 4.33. The van der Waals surface area contributed by atoms with Crippen molar-refractivity contribution in [1.29, 1.82) is 0 Å². The van der Waals surface area contributed by atoms with Gasteiger partial charge in [-0.15, -0.1) is 0 Å². The normalized spacial score (nSPS) is 9.93. The van der Waals surface area contributed by atoms with Crippen LogP contribution in [0.25, 0.3) is 11.4 Å². The molecule has 0 amide bonds. The molecular formula is C11H7BrN2O. The van der Waals surface area contributed by atoms with Crippen molar-refractivity contribution in [3.05, 3.63) is 46.7 Å². The van der Waals surface area contributed by atoms with Gasteiger partial charge in [-0.25, -0.2) is 9.97 Å². The summed E-state index contributed by atoms with van der Waals surface area (Å²) in [6.07, 6.45) is 4.15. The number of carbonyl (C=O) groups is 1. The van der Waals surface area contributed by atoms with Gasteiger partial charge in [0.25, 0.3) is 0 Å². The molecule has 2 rings (SSSR count). The summed E-state index contributed by atoms with van der Waals surface area (Å²) in [7, 11) is 0. The molecule has 0 aliphatic heterocycles. The highest BCUT2D eigenvalue weighted by atomic mass is 79.9. The predicted molar refractivity (Wildman–Crippen MR) is 60.6 cm³/mol. The minimum absolute atomic E-state index is 0.597. The van der Waals surface area contributed by atoms with Crippen molar-refractivity contribution in [3.63, 3.8) is 0 Å². The third kappa shape index (κ3) is 2.10. The van der Waals surface area contributed by atoms with Gasteiger partial charge in [0.05, 0.1) is 0 Å². The van der Waals surface area contributed by atoms with E-state index in [1.807, 2.05) is 12.1 Å². The van der Waals surface area contributed by atoms with E-state index in [1.165, 1.54) is 0 Å². The number of nitrogens with zero attached hydrogens (tertiary/aromatic N) is 2. The van der Waals surface area contributed by atoms with Crippen molar-refractivity contribution in [2.24, 2.45) is 0 Å². The molecular weight excluding hydrogens is 256 g/mol. The van der Waals surface area contributed by atoms with Crippen LogP contribution in [0.3, 0.4) is 0 Å². The summed E-state index contributed by atoms with van der Waals surface area (Å²) in [6, 6.07) is 7.19. The number of rotatable bonds is 2. The Morgan fingerprint density at radius 2 is 1.93 bits per heavy atom. The molecule has 0 N–H and O–H groups in total. The van der Waals surface area contributed by atoms with Gasteiger partial charge < -0.3 is 0 Å². The minimum atomic E-state index is 0.597. The van der Waals surface area contributed by atoms with E-state index in [0.29, 0.717) is 11.4 Å². The van der Waals surface area contributed by atoms with Crippen molar-refractivity contribution >= 4 is 22.2 Å². The summed E-state index contributed by atoms with van der Waals surface area (Å²) in [6.45, 7) is 0. The molecule has 0 atom stereocenters. The maximum Gasteiger partial charge on any atom is 0.159 e. The van der Waals surface area contributed by atoms with Crippen LogP contribution in [0.2, 0.25) is 0 Å². The molecule has 4 heteroatoms. The first-order chi connectivity index (χ1) is 7.31. The lowest BCUT2D eigenvalue weighted by Gasteiger charge is -2.01. The van der Waals surface area contributed by atoms with Gasteiger partial charge in [0.2, 0.25) is 0 Å². The van der Waals surface area contributed by atoms with E-state index in [4.69, 9.17) is 0 Å². The van der Waals surface area contributed by atoms with E-state index in [1.54, 1.807) is 24.5 Å². The average molecular weight is 263 g/mol. The van der Waals surface area contributed by atoms with Crippen molar-refractivity contribution < 1.29 is 4.79 Å². The van der Waals surface area contributed by atoms with Crippen LogP contribution in [0.15, 0.2) is 41.1 Å². The minimum Gasteiger partial charge on any atom is -0.298 e. The summed E-state index contributed by atoms with van der Waals surface area (Å²) in [4.78, 5) is 19.0. The van der Waals surface area contributed by atoms with Gasteiger partial charge in [-0.1, -0.05) is 22.0 Å². The highest BCUT2D eigenvalue weighted by Crippen LogP contribution is 2.21. The van der Waals surface area contributed by atoms with E-state index < -0.39 is 0 Å². The lowest BCUT2D eigenvalue weighted by Crippen LogP contribution is -1.89. The predicted octanol–water partition coefficient (Wildman–Crippen LogP) is 2.72. The van der Waals surface area contributed by atoms with Crippen molar-refractivity contribution in [2.75, 3.05) is 0 Å². The molecule has 0 radical (unpaired) electrons. The molecule has 74 valence electrons. The number of hydrogen-bond donors (Lipinski definition) is 0. The zero-order valence-electron chi connectivity index (χ0n) is 7.72. The van der Waals surface area contributed by atoms with E-state index in [9.17, 15) is 4.79 Å². The summed E-state index contributed by atoms with van der Waals surface area (Å²) in [5.74, 6) is 0.619. The molecule has 1 aromatic carbocycles. The number of aldehydes is 1. The van der Waals surface area contributed by atoms with Gasteiger partial charge in [-0.3, -0.25) is 4.79 Å². The molecule has 3 nitrogen and oxygen atoms in total. The molecule has 1 heterocycles. The van der Waals surface area contributed by atoms with Crippen LogP contribution in [0.1, 0.15) is 10.4 Å². The Kier molecular flexibility index (Phi) is 2.87. The van der Waals surface area contributed by atoms with E-state index >= 15 is 0 Å². The summed E-state index contributed by atoms with van der Waals surface area (Å²) in [5, 5.41) is 0. The van der Waals surface area contributed by atoms with Gasteiger partial charge in [-0.2, -0.15) is 0 Å². The molecule has 0 aliphatic carbocycles. The van der Waals surface area contributed by atoms with Crippen LogP contribution in [0, 0.1) is 0 Å². The quantitative estimate of drug-likeness (QED) is 0.782. The zero-order chi connectivity index (χ0) is 10.7. The standard InChI is InChI=1S/C11H7BrN2O/c12-10-3-2-8(6-9(10)7-15)11-13-4-1-5-14-11/h1-7H. The van der Waals surface area contributed by atoms with Crippen molar-refractivity contribution in [1.82, 2.24) is 9.97 Å². The highest BCUT2D eigenvalue weighted by molar-refractivity contribution is 9.10. The first-order valence-corrected chi connectivity index (χ1v) is 5.12. The van der Waals surface area contributed by atoms with Crippen molar-refractivity contribution in [3.8, 4) is 11.4 Å². The largest absolute Gasteiger partial charge is 0.298 e. The molecule has 0 saturated heterocycles. The van der Waals surface area contributed by atoms with Gasteiger partial charge in [0.15, 0.2) is 12.1 Å². The number of halogens is 1. The second kappa shape index (κ2) is 4.31. The summed E-state index contributed by atoms with van der Waals surface area (Å²) in [5.41, 5.74) is 1.43. The van der Waals surface area contributed by atoms with Crippen LogP contribution in [-0.4, -0.2) is 16.3 Å². The van der Waals surface area contributed by atoms with E-state index in [-0.39, 0.29) is 0 Å². The van der Waals surface area contributed by atoms with Gasteiger partial charge in [-0.05, 0) is 18.2 Å².